The lowest BCUT2D eigenvalue weighted by atomic mass is 10.0. The molecule has 1 atom stereocenters. The summed E-state index contributed by atoms with van der Waals surface area (Å²) in [6, 6.07) is 12.3. The van der Waals surface area contributed by atoms with Gasteiger partial charge >= 0.3 is 5.97 Å². The Bertz CT molecular complexity index is 760. The van der Waals surface area contributed by atoms with E-state index < -0.39 is 5.97 Å². The monoisotopic (exact) mass is 360 g/mol. The molecule has 2 aromatic carbocycles. The van der Waals surface area contributed by atoms with Crippen LogP contribution < -0.4 is 11.1 Å². The Labute approximate surface area is 152 Å². The molecule has 0 fully saturated rings. The van der Waals surface area contributed by atoms with Crippen molar-refractivity contribution < 1.29 is 14.3 Å². The average Bonchev–Trinajstić information content (AvgIpc) is 2.60. The van der Waals surface area contributed by atoms with Gasteiger partial charge in [0.15, 0.2) is 6.61 Å². The van der Waals surface area contributed by atoms with E-state index in [1.54, 1.807) is 6.07 Å². The Morgan fingerprint density at radius 1 is 1.20 bits per heavy atom. The zero-order valence-electron chi connectivity index (χ0n) is 14.2. The van der Waals surface area contributed by atoms with Gasteiger partial charge in [-0.2, -0.15) is 0 Å². The highest BCUT2D eigenvalue weighted by Gasteiger charge is 2.16. The quantitative estimate of drug-likeness (QED) is 0.608. The molecule has 3 N–H and O–H groups in total. The number of benzene rings is 2. The maximum atomic E-state index is 12.1. The smallest absolute Gasteiger partial charge is 0.340 e. The second-order valence-electron chi connectivity index (χ2n) is 5.75. The number of carbonyl (C=O) groups excluding carboxylic acids is 2. The summed E-state index contributed by atoms with van der Waals surface area (Å²) in [6.07, 6.45) is 0.726. The van der Waals surface area contributed by atoms with E-state index >= 15 is 0 Å². The maximum Gasteiger partial charge on any atom is 0.340 e. The first-order valence-electron chi connectivity index (χ1n) is 7.98. The van der Waals surface area contributed by atoms with Crippen molar-refractivity contribution >= 4 is 29.2 Å². The van der Waals surface area contributed by atoms with Gasteiger partial charge < -0.3 is 15.8 Å². The van der Waals surface area contributed by atoms with Gasteiger partial charge in [-0.05, 0) is 37.1 Å². The van der Waals surface area contributed by atoms with Crippen molar-refractivity contribution in [3.8, 4) is 0 Å². The molecule has 0 bridgehead atoms. The van der Waals surface area contributed by atoms with Gasteiger partial charge in [0.05, 0.1) is 11.6 Å². The number of anilines is 1. The molecule has 2 aromatic rings. The number of rotatable bonds is 6. The zero-order valence-corrected chi connectivity index (χ0v) is 15.0. The van der Waals surface area contributed by atoms with Gasteiger partial charge in [-0.25, -0.2) is 4.79 Å². The molecule has 1 amide bonds. The Morgan fingerprint density at radius 2 is 1.88 bits per heavy atom. The highest BCUT2D eigenvalue weighted by Crippen LogP contribution is 2.19. The second kappa shape index (κ2) is 8.53. The van der Waals surface area contributed by atoms with Crippen LogP contribution in [0.5, 0.6) is 0 Å². The number of carbonyl (C=O) groups is 2. The summed E-state index contributed by atoms with van der Waals surface area (Å²) in [6.45, 7) is 3.60. The largest absolute Gasteiger partial charge is 0.452 e. The molecule has 2 rings (SSSR count). The minimum Gasteiger partial charge on any atom is -0.452 e. The molecule has 6 heteroatoms. The Hall–Kier alpha value is -2.53. The number of hydrogen-bond donors (Lipinski definition) is 2. The summed E-state index contributed by atoms with van der Waals surface area (Å²) in [7, 11) is 0. The van der Waals surface area contributed by atoms with Crippen molar-refractivity contribution in [2.75, 3.05) is 12.3 Å². The summed E-state index contributed by atoms with van der Waals surface area (Å²) < 4.78 is 5.04. The average molecular weight is 361 g/mol. The molecule has 0 aromatic heterocycles. The van der Waals surface area contributed by atoms with Crippen LogP contribution in [0.3, 0.4) is 0 Å². The summed E-state index contributed by atoms with van der Waals surface area (Å²) in [5, 5.41) is 3.23. The van der Waals surface area contributed by atoms with Crippen LogP contribution in [0.15, 0.2) is 42.5 Å². The Balaban J connectivity index is 1.94. The van der Waals surface area contributed by atoms with E-state index in [9.17, 15) is 9.59 Å². The van der Waals surface area contributed by atoms with Crippen LogP contribution in [-0.4, -0.2) is 18.5 Å². The fourth-order valence-electron chi connectivity index (χ4n) is 2.37. The minimum atomic E-state index is -0.682. The van der Waals surface area contributed by atoms with Crippen molar-refractivity contribution in [2.24, 2.45) is 0 Å². The Kier molecular flexibility index (Phi) is 6.42. The van der Waals surface area contributed by atoms with E-state index in [0.717, 1.165) is 17.5 Å². The molecule has 0 saturated carbocycles. The first-order valence-corrected chi connectivity index (χ1v) is 8.36. The first-order chi connectivity index (χ1) is 11.9. The van der Waals surface area contributed by atoms with Crippen LogP contribution in [0.2, 0.25) is 5.02 Å². The Morgan fingerprint density at radius 3 is 2.52 bits per heavy atom. The van der Waals surface area contributed by atoms with Crippen molar-refractivity contribution in [3.05, 3.63) is 64.2 Å². The topological polar surface area (TPSA) is 81.4 Å². The molecule has 0 aliphatic heterocycles. The summed E-state index contributed by atoms with van der Waals surface area (Å²) in [5.74, 6) is -1.06. The van der Waals surface area contributed by atoms with Gasteiger partial charge in [-0.15, -0.1) is 0 Å². The molecule has 0 aliphatic rings. The number of ether oxygens (including phenoxy) is 1. The lowest BCUT2D eigenvalue weighted by molar-refractivity contribution is -0.125. The maximum absolute atomic E-state index is 12.1. The molecule has 5 nitrogen and oxygen atoms in total. The molecule has 0 unspecified atom stereocenters. The van der Waals surface area contributed by atoms with Crippen molar-refractivity contribution in [1.29, 1.82) is 0 Å². The van der Waals surface area contributed by atoms with Gasteiger partial charge in [-0.3, -0.25) is 4.79 Å². The lowest BCUT2D eigenvalue weighted by Crippen LogP contribution is -2.32. The number of halogens is 1. The molecular weight excluding hydrogens is 340 g/mol. The van der Waals surface area contributed by atoms with Crippen LogP contribution in [0.1, 0.15) is 40.9 Å². The fourth-order valence-corrected chi connectivity index (χ4v) is 2.54. The predicted molar refractivity (Wildman–Crippen MR) is 98.5 cm³/mol. The number of nitrogens with two attached hydrogens (primary N) is 1. The van der Waals surface area contributed by atoms with E-state index in [1.165, 1.54) is 12.1 Å². The van der Waals surface area contributed by atoms with E-state index in [0.29, 0.717) is 5.02 Å². The normalized spacial score (nSPS) is 11.6. The highest BCUT2D eigenvalue weighted by molar-refractivity contribution is 6.31. The molecular formula is C19H21ClN2O3. The molecule has 0 spiro atoms. The minimum absolute atomic E-state index is 0.136. The third-order valence-electron chi connectivity index (χ3n) is 3.79. The highest BCUT2D eigenvalue weighted by atomic mass is 35.5. The SMILES string of the molecule is CC[C@H](NC(=O)COC(=O)c1cc(Cl)ccc1N)c1ccc(C)cc1. The van der Waals surface area contributed by atoms with Gasteiger partial charge in [0.25, 0.3) is 5.91 Å². The van der Waals surface area contributed by atoms with Gasteiger partial charge in [0, 0.05) is 10.7 Å². The number of nitrogen functional groups attached to an aromatic ring is 1. The molecule has 0 saturated heterocycles. The number of esters is 1. The fraction of sp³-hybridized carbons (Fsp3) is 0.263. The molecule has 132 valence electrons. The van der Waals surface area contributed by atoms with E-state index in [2.05, 4.69) is 5.32 Å². The standard InChI is InChI=1S/C19H21ClN2O3/c1-3-17(13-6-4-12(2)5-7-13)22-18(23)11-25-19(24)15-10-14(20)8-9-16(15)21/h4-10,17H,3,11,21H2,1-2H3,(H,22,23)/t17-/m0/s1. The van der Waals surface area contributed by atoms with Crippen LogP contribution >= 0.6 is 11.6 Å². The van der Waals surface area contributed by atoms with E-state index in [4.69, 9.17) is 22.1 Å². The molecule has 25 heavy (non-hydrogen) atoms. The summed E-state index contributed by atoms with van der Waals surface area (Å²) in [5.41, 5.74) is 8.28. The first kappa shape index (κ1) is 18.8. The number of nitrogens with one attached hydrogen (secondary N) is 1. The third-order valence-corrected chi connectivity index (χ3v) is 4.03. The number of aryl methyl sites for hydroxylation is 1. The van der Waals surface area contributed by atoms with Gasteiger partial charge in [-0.1, -0.05) is 48.4 Å². The number of hydrogen-bond acceptors (Lipinski definition) is 4. The van der Waals surface area contributed by atoms with E-state index in [-0.39, 0.29) is 29.8 Å². The zero-order chi connectivity index (χ0) is 18.4. The van der Waals surface area contributed by atoms with Gasteiger partial charge in [0.2, 0.25) is 0 Å². The predicted octanol–water partition coefficient (Wildman–Crippen LogP) is 3.65. The summed E-state index contributed by atoms with van der Waals surface area (Å²) in [4.78, 5) is 24.1. The van der Waals surface area contributed by atoms with Crippen molar-refractivity contribution in [3.63, 3.8) is 0 Å². The molecule has 0 heterocycles. The van der Waals surface area contributed by atoms with E-state index in [1.807, 2.05) is 38.1 Å². The third kappa shape index (κ3) is 5.22. The van der Waals surface area contributed by atoms with Crippen LogP contribution in [0, 0.1) is 6.92 Å². The van der Waals surface area contributed by atoms with Crippen molar-refractivity contribution in [1.82, 2.24) is 5.32 Å². The second-order valence-corrected chi connectivity index (χ2v) is 6.18. The van der Waals surface area contributed by atoms with Gasteiger partial charge in [0.1, 0.15) is 0 Å². The number of amides is 1. The van der Waals surface area contributed by atoms with Crippen molar-refractivity contribution in [2.45, 2.75) is 26.3 Å². The van der Waals surface area contributed by atoms with Crippen LogP contribution in [-0.2, 0) is 9.53 Å². The molecule has 0 aliphatic carbocycles. The molecule has 0 radical (unpaired) electrons. The van der Waals surface area contributed by atoms with Crippen LogP contribution in [0.25, 0.3) is 0 Å². The lowest BCUT2D eigenvalue weighted by Gasteiger charge is -2.17. The summed E-state index contributed by atoms with van der Waals surface area (Å²) >= 11 is 5.85. The van der Waals surface area contributed by atoms with Crippen LogP contribution in [0.4, 0.5) is 5.69 Å².